The van der Waals surface area contributed by atoms with Crippen molar-refractivity contribution in [1.82, 2.24) is 19.9 Å². The van der Waals surface area contributed by atoms with Gasteiger partial charge in [-0.1, -0.05) is 0 Å². The SMILES string of the molecule is COc1cc(C(F)(F)F)ccc1-c1nc(Cl)nc2nc[nH]c12. The fourth-order valence-corrected chi connectivity index (χ4v) is 2.23. The van der Waals surface area contributed by atoms with Gasteiger partial charge < -0.3 is 9.72 Å². The Labute approximate surface area is 127 Å². The first-order valence-corrected chi connectivity index (χ1v) is 6.40. The van der Waals surface area contributed by atoms with E-state index in [1.165, 1.54) is 19.5 Å². The predicted octanol–water partition coefficient (Wildman–Crippen LogP) is 3.70. The Hall–Kier alpha value is -2.35. The number of hydrogen-bond donors (Lipinski definition) is 1. The summed E-state index contributed by atoms with van der Waals surface area (Å²) in [7, 11) is 1.28. The highest BCUT2D eigenvalue weighted by atomic mass is 35.5. The lowest BCUT2D eigenvalue weighted by atomic mass is 10.1. The van der Waals surface area contributed by atoms with E-state index < -0.39 is 11.7 Å². The van der Waals surface area contributed by atoms with Gasteiger partial charge in [0.05, 0.1) is 19.0 Å². The third kappa shape index (κ3) is 2.45. The number of alkyl halides is 3. The molecule has 3 rings (SSSR count). The lowest BCUT2D eigenvalue weighted by Gasteiger charge is -2.12. The summed E-state index contributed by atoms with van der Waals surface area (Å²) >= 11 is 5.83. The van der Waals surface area contributed by atoms with Gasteiger partial charge in [0, 0.05) is 5.56 Å². The summed E-state index contributed by atoms with van der Waals surface area (Å²) in [5, 5.41) is -0.0587. The molecule has 0 saturated heterocycles. The zero-order valence-corrected chi connectivity index (χ0v) is 11.8. The molecule has 0 bridgehead atoms. The summed E-state index contributed by atoms with van der Waals surface area (Å²) in [6.07, 6.45) is -3.06. The van der Waals surface area contributed by atoms with Crippen LogP contribution in [0.2, 0.25) is 5.28 Å². The first-order valence-electron chi connectivity index (χ1n) is 6.02. The van der Waals surface area contributed by atoms with Crippen LogP contribution < -0.4 is 4.74 Å². The molecular formula is C13H8ClF3N4O. The predicted molar refractivity (Wildman–Crippen MR) is 73.7 cm³/mol. The molecule has 2 aromatic heterocycles. The molecule has 9 heteroatoms. The number of nitrogens with one attached hydrogen (secondary N) is 1. The monoisotopic (exact) mass is 328 g/mol. The van der Waals surface area contributed by atoms with E-state index in [4.69, 9.17) is 16.3 Å². The molecule has 0 spiro atoms. The molecule has 0 amide bonds. The molecule has 5 nitrogen and oxygen atoms in total. The van der Waals surface area contributed by atoms with Crippen molar-refractivity contribution in [1.29, 1.82) is 0 Å². The minimum Gasteiger partial charge on any atom is -0.496 e. The second kappa shape index (κ2) is 5.13. The Morgan fingerprint density at radius 1 is 1.23 bits per heavy atom. The van der Waals surface area contributed by atoms with E-state index in [-0.39, 0.29) is 11.0 Å². The fraction of sp³-hybridized carbons (Fsp3) is 0.154. The molecule has 0 aliphatic heterocycles. The van der Waals surface area contributed by atoms with Crippen molar-refractivity contribution in [2.24, 2.45) is 0 Å². The minimum atomic E-state index is -4.46. The fourth-order valence-electron chi connectivity index (χ4n) is 2.06. The highest BCUT2D eigenvalue weighted by Gasteiger charge is 2.31. The van der Waals surface area contributed by atoms with Gasteiger partial charge in [0.2, 0.25) is 5.28 Å². The van der Waals surface area contributed by atoms with Crippen LogP contribution in [0, 0.1) is 0 Å². The van der Waals surface area contributed by atoms with Gasteiger partial charge in [0.15, 0.2) is 5.65 Å². The van der Waals surface area contributed by atoms with Crippen LogP contribution in [0.25, 0.3) is 22.4 Å². The largest absolute Gasteiger partial charge is 0.496 e. The lowest BCUT2D eigenvalue weighted by Crippen LogP contribution is -2.05. The van der Waals surface area contributed by atoms with E-state index in [9.17, 15) is 13.2 Å². The topological polar surface area (TPSA) is 63.7 Å². The van der Waals surface area contributed by atoms with Crippen LogP contribution in [0.5, 0.6) is 5.75 Å². The minimum absolute atomic E-state index is 0.0282. The number of halogens is 4. The number of nitrogens with zero attached hydrogens (tertiary/aromatic N) is 3. The summed E-state index contributed by atoms with van der Waals surface area (Å²) in [5.41, 5.74) is 0.639. The summed E-state index contributed by atoms with van der Waals surface area (Å²) < 4.78 is 43.4. The number of imidazole rings is 1. The summed E-state index contributed by atoms with van der Waals surface area (Å²) in [6, 6.07) is 3.14. The number of aromatic amines is 1. The highest BCUT2D eigenvalue weighted by molar-refractivity contribution is 6.28. The molecule has 0 saturated carbocycles. The van der Waals surface area contributed by atoms with Crippen molar-refractivity contribution in [2.45, 2.75) is 6.18 Å². The molecule has 22 heavy (non-hydrogen) atoms. The van der Waals surface area contributed by atoms with Crippen molar-refractivity contribution < 1.29 is 17.9 Å². The standard InChI is InChI=1S/C13H8ClF3N4O/c1-22-8-4-6(13(15,16)17)2-3-7(8)9-10-11(19-5-18-10)21-12(14)20-9/h2-5H,1H3,(H,18,19,20,21). The molecule has 114 valence electrons. The van der Waals surface area contributed by atoms with Crippen LogP contribution in [-0.2, 0) is 6.18 Å². The van der Waals surface area contributed by atoms with Gasteiger partial charge in [-0.25, -0.2) is 9.97 Å². The molecule has 0 aliphatic rings. The lowest BCUT2D eigenvalue weighted by molar-refractivity contribution is -0.137. The number of fused-ring (bicyclic) bond motifs is 1. The maximum atomic E-state index is 12.8. The number of rotatable bonds is 2. The van der Waals surface area contributed by atoms with Crippen LogP contribution in [0.3, 0.4) is 0 Å². The zero-order valence-electron chi connectivity index (χ0n) is 11.1. The number of methoxy groups -OCH3 is 1. The normalized spacial score (nSPS) is 11.9. The van der Waals surface area contributed by atoms with Gasteiger partial charge in [0.1, 0.15) is 17.0 Å². The average molecular weight is 329 g/mol. The highest BCUT2D eigenvalue weighted by Crippen LogP contribution is 2.38. The van der Waals surface area contributed by atoms with Crippen LogP contribution >= 0.6 is 11.6 Å². The first kappa shape index (κ1) is 14.6. The maximum absolute atomic E-state index is 12.8. The quantitative estimate of drug-likeness (QED) is 0.729. The van der Waals surface area contributed by atoms with Crippen molar-refractivity contribution in [2.75, 3.05) is 7.11 Å². The van der Waals surface area contributed by atoms with Crippen molar-refractivity contribution >= 4 is 22.8 Å². The Bertz CT molecular complexity index is 847. The average Bonchev–Trinajstić information content (AvgIpc) is 2.92. The van der Waals surface area contributed by atoms with Crippen molar-refractivity contribution in [3.8, 4) is 17.0 Å². The molecule has 1 aromatic carbocycles. The van der Waals surface area contributed by atoms with Gasteiger partial charge in [-0.15, -0.1) is 0 Å². The Kier molecular flexibility index (Phi) is 3.40. The number of aromatic nitrogens is 4. The number of H-pyrrole nitrogens is 1. The van der Waals surface area contributed by atoms with Crippen molar-refractivity contribution in [3.63, 3.8) is 0 Å². The molecule has 2 heterocycles. The van der Waals surface area contributed by atoms with Crippen LogP contribution in [0.4, 0.5) is 13.2 Å². The van der Waals surface area contributed by atoms with E-state index in [2.05, 4.69) is 19.9 Å². The van der Waals surface area contributed by atoms with E-state index in [0.29, 0.717) is 22.4 Å². The Morgan fingerprint density at radius 2 is 2.00 bits per heavy atom. The maximum Gasteiger partial charge on any atom is 0.416 e. The second-order valence-electron chi connectivity index (χ2n) is 4.36. The molecule has 0 fully saturated rings. The molecule has 0 radical (unpaired) electrons. The zero-order chi connectivity index (χ0) is 15.9. The smallest absolute Gasteiger partial charge is 0.416 e. The number of ether oxygens (including phenoxy) is 1. The van der Waals surface area contributed by atoms with E-state index in [1.54, 1.807) is 0 Å². The molecule has 0 aliphatic carbocycles. The molecule has 3 aromatic rings. The third-order valence-corrected chi connectivity index (χ3v) is 3.21. The Morgan fingerprint density at radius 3 is 2.68 bits per heavy atom. The molecule has 0 atom stereocenters. The van der Waals surface area contributed by atoms with Crippen LogP contribution in [0.15, 0.2) is 24.5 Å². The van der Waals surface area contributed by atoms with Crippen molar-refractivity contribution in [3.05, 3.63) is 35.4 Å². The van der Waals surface area contributed by atoms with Gasteiger partial charge in [-0.2, -0.15) is 18.2 Å². The van der Waals surface area contributed by atoms with Crippen LogP contribution in [-0.4, -0.2) is 27.0 Å². The first-order chi connectivity index (χ1) is 10.4. The second-order valence-corrected chi connectivity index (χ2v) is 4.69. The van der Waals surface area contributed by atoms with Gasteiger partial charge in [0.25, 0.3) is 0 Å². The molecule has 1 N–H and O–H groups in total. The van der Waals surface area contributed by atoms with Gasteiger partial charge in [-0.3, -0.25) is 0 Å². The number of hydrogen-bond acceptors (Lipinski definition) is 4. The van der Waals surface area contributed by atoms with Gasteiger partial charge in [-0.05, 0) is 29.8 Å². The summed E-state index contributed by atoms with van der Waals surface area (Å²) in [4.78, 5) is 14.8. The van der Waals surface area contributed by atoms with Gasteiger partial charge >= 0.3 is 6.18 Å². The molecular weight excluding hydrogens is 321 g/mol. The third-order valence-electron chi connectivity index (χ3n) is 3.04. The van der Waals surface area contributed by atoms with E-state index >= 15 is 0 Å². The van der Waals surface area contributed by atoms with E-state index in [0.717, 1.165) is 12.1 Å². The molecule has 0 unspecified atom stereocenters. The Balaban J connectivity index is 2.24. The van der Waals surface area contributed by atoms with E-state index in [1.807, 2.05) is 0 Å². The summed E-state index contributed by atoms with van der Waals surface area (Å²) in [6.45, 7) is 0. The van der Waals surface area contributed by atoms with Crippen LogP contribution in [0.1, 0.15) is 5.56 Å². The summed E-state index contributed by atoms with van der Waals surface area (Å²) in [5.74, 6) is 0.0282. The number of benzene rings is 1.